The summed E-state index contributed by atoms with van der Waals surface area (Å²) in [6, 6.07) is 4.16. The van der Waals surface area contributed by atoms with Gasteiger partial charge in [0.15, 0.2) is 11.5 Å². The monoisotopic (exact) mass is 232 g/mol. The van der Waals surface area contributed by atoms with Gasteiger partial charge in [0.1, 0.15) is 5.75 Å². The van der Waals surface area contributed by atoms with E-state index in [1.54, 1.807) is 7.11 Å². The first-order chi connectivity index (χ1) is 8.38. The van der Waals surface area contributed by atoms with Crippen molar-refractivity contribution >= 4 is 5.65 Å². The second-order valence-corrected chi connectivity index (χ2v) is 4.36. The number of hydrogen-bond acceptors (Lipinski definition) is 4. The lowest BCUT2D eigenvalue weighted by molar-refractivity contribution is 0.394. The van der Waals surface area contributed by atoms with E-state index in [0.29, 0.717) is 6.04 Å². The van der Waals surface area contributed by atoms with E-state index in [-0.39, 0.29) is 0 Å². The highest BCUT2D eigenvalue weighted by molar-refractivity contribution is 5.44. The number of hydrogen-bond donors (Lipinski definition) is 1. The van der Waals surface area contributed by atoms with Crippen molar-refractivity contribution in [1.29, 1.82) is 0 Å². The number of ether oxygens (including phenoxy) is 1. The van der Waals surface area contributed by atoms with Crippen molar-refractivity contribution in [3.8, 4) is 5.75 Å². The van der Waals surface area contributed by atoms with Crippen LogP contribution >= 0.6 is 0 Å². The number of nitrogens with zero attached hydrogens (tertiary/aromatic N) is 3. The topological polar surface area (TPSA) is 51.5 Å². The standard InChI is InChI=1S/C12H16N4O/c1-17-9-5-7-16-11(8-9)14-15-12(16)10-4-2-3-6-13-10/h5,7-8,10,13H,2-4,6H2,1H3. The second kappa shape index (κ2) is 4.33. The van der Waals surface area contributed by atoms with E-state index in [1.807, 2.05) is 22.7 Å². The van der Waals surface area contributed by atoms with E-state index in [2.05, 4.69) is 15.5 Å². The Hall–Kier alpha value is -1.62. The number of pyridine rings is 1. The van der Waals surface area contributed by atoms with Crippen LogP contribution in [0.5, 0.6) is 5.75 Å². The van der Waals surface area contributed by atoms with E-state index in [9.17, 15) is 0 Å². The zero-order chi connectivity index (χ0) is 11.7. The van der Waals surface area contributed by atoms with Gasteiger partial charge in [-0.1, -0.05) is 6.42 Å². The lowest BCUT2D eigenvalue weighted by Gasteiger charge is -2.21. The summed E-state index contributed by atoms with van der Waals surface area (Å²) in [4.78, 5) is 0. The highest BCUT2D eigenvalue weighted by Gasteiger charge is 2.20. The molecule has 0 amide bonds. The fourth-order valence-electron chi connectivity index (χ4n) is 2.33. The summed E-state index contributed by atoms with van der Waals surface area (Å²) in [5, 5.41) is 12.0. The van der Waals surface area contributed by atoms with Crippen LogP contribution in [-0.2, 0) is 0 Å². The highest BCUT2D eigenvalue weighted by atomic mass is 16.5. The minimum atomic E-state index is 0.326. The average molecular weight is 232 g/mol. The van der Waals surface area contributed by atoms with Crippen LogP contribution in [-0.4, -0.2) is 28.3 Å². The minimum absolute atomic E-state index is 0.326. The summed E-state index contributed by atoms with van der Waals surface area (Å²) in [6.45, 7) is 1.07. The van der Waals surface area contributed by atoms with Gasteiger partial charge >= 0.3 is 0 Å². The molecule has 2 aromatic heterocycles. The molecular weight excluding hydrogens is 216 g/mol. The lowest BCUT2D eigenvalue weighted by atomic mass is 10.0. The Morgan fingerprint density at radius 3 is 3.12 bits per heavy atom. The molecular formula is C12H16N4O. The Balaban J connectivity index is 1.99. The summed E-state index contributed by atoms with van der Waals surface area (Å²) in [5.41, 5.74) is 0.840. The molecule has 3 rings (SSSR count). The van der Waals surface area contributed by atoms with Crippen molar-refractivity contribution in [2.45, 2.75) is 25.3 Å². The van der Waals surface area contributed by atoms with Gasteiger partial charge in [-0.2, -0.15) is 0 Å². The van der Waals surface area contributed by atoms with E-state index in [0.717, 1.165) is 30.2 Å². The lowest BCUT2D eigenvalue weighted by Crippen LogP contribution is -2.28. The van der Waals surface area contributed by atoms with Gasteiger partial charge < -0.3 is 10.1 Å². The van der Waals surface area contributed by atoms with Gasteiger partial charge in [-0.05, 0) is 25.5 Å². The van der Waals surface area contributed by atoms with Crippen molar-refractivity contribution in [2.24, 2.45) is 0 Å². The molecule has 2 aromatic rings. The fourth-order valence-corrected chi connectivity index (χ4v) is 2.33. The number of piperidine rings is 1. The van der Waals surface area contributed by atoms with E-state index < -0.39 is 0 Å². The van der Waals surface area contributed by atoms with Gasteiger partial charge in [0, 0.05) is 12.3 Å². The third kappa shape index (κ3) is 1.86. The van der Waals surface area contributed by atoms with Gasteiger partial charge in [-0.15, -0.1) is 10.2 Å². The zero-order valence-corrected chi connectivity index (χ0v) is 9.89. The smallest absolute Gasteiger partial charge is 0.164 e. The first-order valence-corrected chi connectivity index (χ1v) is 6.00. The first kappa shape index (κ1) is 10.5. The summed E-state index contributed by atoms with van der Waals surface area (Å²) in [7, 11) is 1.66. The number of aromatic nitrogens is 3. The molecule has 0 radical (unpaired) electrons. The molecule has 1 fully saturated rings. The number of nitrogens with one attached hydrogen (secondary N) is 1. The average Bonchev–Trinajstić information content (AvgIpc) is 2.82. The second-order valence-electron chi connectivity index (χ2n) is 4.36. The maximum Gasteiger partial charge on any atom is 0.164 e. The van der Waals surface area contributed by atoms with Crippen LogP contribution in [0.1, 0.15) is 31.1 Å². The minimum Gasteiger partial charge on any atom is -0.497 e. The zero-order valence-electron chi connectivity index (χ0n) is 9.89. The molecule has 1 atom stereocenters. The van der Waals surface area contributed by atoms with Crippen LogP contribution in [0.25, 0.3) is 5.65 Å². The van der Waals surface area contributed by atoms with Crippen molar-refractivity contribution < 1.29 is 4.74 Å². The number of rotatable bonds is 2. The maximum absolute atomic E-state index is 5.18. The summed E-state index contributed by atoms with van der Waals surface area (Å²) < 4.78 is 7.21. The molecule has 0 spiro atoms. The molecule has 0 aromatic carbocycles. The van der Waals surface area contributed by atoms with Crippen LogP contribution in [0.4, 0.5) is 0 Å². The summed E-state index contributed by atoms with van der Waals surface area (Å²) >= 11 is 0. The molecule has 1 aliphatic rings. The molecule has 5 nitrogen and oxygen atoms in total. The molecule has 3 heterocycles. The van der Waals surface area contributed by atoms with E-state index in [1.165, 1.54) is 12.8 Å². The molecule has 1 N–H and O–H groups in total. The van der Waals surface area contributed by atoms with Gasteiger partial charge in [-0.25, -0.2) is 0 Å². The Morgan fingerprint density at radius 2 is 2.35 bits per heavy atom. The molecule has 0 bridgehead atoms. The third-order valence-electron chi connectivity index (χ3n) is 3.27. The van der Waals surface area contributed by atoms with E-state index >= 15 is 0 Å². The van der Waals surface area contributed by atoms with Crippen LogP contribution in [0.3, 0.4) is 0 Å². The van der Waals surface area contributed by atoms with E-state index in [4.69, 9.17) is 4.74 Å². The van der Waals surface area contributed by atoms with Crippen molar-refractivity contribution in [3.63, 3.8) is 0 Å². The third-order valence-corrected chi connectivity index (χ3v) is 3.27. The molecule has 90 valence electrons. The molecule has 1 aliphatic heterocycles. The quantitative estimate of drug-likeness (QED) is 0.853. The number of methoxy groups -OCH3 is 1. The summed E-state index contributed by atoms with van der Waals surface area (Å²) in [5.74, 6) is 1.82. The molecule has 0 aliphatic carbocycles. The van der Waals surface area contributed by atoms with Gasteiger partial charge in [0.25, 0.3) is 0 Å². The molecule has 1 saturated heterocycles. The fraction of sp³-hybridized carbons (Fsp3) is 0.500. The molecule has 17 heavy (non-hydrogen) atoms. The van der Waals surface area contributed by atoms with Gasteiger partial charge in [0.2, 0.25) is 0 Å². The van der Waals surface area contributed by atoms with Crippen molar-refractivity contribution in [1.82, 2.24) is 19.9 Å². The predicted octanol–water partition coefficient (Wildman–Crippen LogP) is 1.55. The Labute approximate surface area is 99.8 Å². The Morgan fingerprint density at radius 1 is 1.41 bits per heavy atom. The molecule has 1 unspecified atom stereocenters. The SMILES string of the molecule is COc1ccn2c(C3CCCCN3)nnc2c1. The maximum atomic E-state index is 5.18. The highest BCUT2D eigenvalue weighted by Crippen LogP contribution is 2.23. The Kier molecular flexibility index (Phi) is 2.68. The van der Waals surface area contributed by atoms with Gasteiger partial charge in [0.05, 0.1) is 13.2 Å². The van der Waals surface area contributed by atoms with Crippen LogP contribution in [0, 0.1) is 0 Å². The predicted molar refractivity (Wildman–Crippen MR) is 64.1 cm³/mol. The van der Waals surface area contributed by atoms with Gasteiger partial charge in [-0.3, -0.25) is 4.40 Å². The largest absolute Gasteiger partial charge is 0.497 e. The molecule has 0 saturated carbocycles. The normalized spacial score (nSPS) is 20.6. The van der Waals surface area contributed by atoms with Crippen molar-refractivity contribution in [2.75, 3.05) is 13.7 Å². The van der Waals surface area contributed by atoms with Crippen LogP contribution in [0.15, 0.2) is 18.3 Å². The Bertz CT molecular complexity index is 516. The van der Waals surface area contributed by atoms with Crippen LogP contribution < -0.4 is 10.1 Å². The molecule has 5 heteroatoms. The summed E-state index contributed by atoms with van der Waals surface area (Å²) in [6.07, 6.45) is 5.61. The van der Waals surface area contributed by atoms with Crippen molar-refractivity contribution in [3.05, 3.63) is 24.2 Å². The van der Waals surface area contributed by atoms with Crippen LogP contribution in [0.2, 0.25) is 0 Å². The number of fused-ring (bicyclic) bond motifs is 1. The first-order valence-electron chi connectivity index (χ1n) is 6.00.